The monoisotopic (exact) mass is 390 g/mol. The molecule has 3 aromatic rings. The lowest BCUT2D eigenvalue weighted by atomic mass is 9.74. The Labute approximate surface area is 171 Å². The van der Waals surface area contributed by atoms with Gasteiger partial charge in [-0.1, -0.05) is 30.3 Å². The average molecular weight is 391 g/mol. The third-order valence-corrected chi connectivity index (χ3v) is 7.04. The van der Waals surface area contributed by atoms with Gasteiger partial charge in [-0.3, -0.25) is 4.57 Å². The topological polar surface area (TPSA) is 44.3 Å². The number of hydrogen-bond acceptors (Lipinski definition) is 3. The van der Waals surface area contributed by atoms with Gasteiger partial charge in [0.1, 0.15) is 0 Å². The Morgan fingerprint density at radius 3 is 2.59 bits per heavy atom. The number of fused-ring (bicyclic) bond motifs is 3. The van der Waals surface area contributed by atoms with Gasteiger partial charge in [0.15, 0.2) is 0 Å². The summed E-state index contributed by atoms with van der Waals surface area (Å²) >= 11 is 0. The van der Waals surface area contributed by atoms with Gasteiger partial charge in [0.05, 0.1) is 11.0 Å². The van der Waals surface area contributed by atoms with Crippen molar-refractivity contribution in [2.45, 2.75) is 38.1 Å². The third kappa shape index (κ3) is 3.18. The van der Waals surface area contributed by atoms with E-state index >= 15 is 0 Å². The molecule has 0 atom stereocenters. The van der Waals surface area contributed by atoms with Gasteiger partial charge in [-0.25, -0.2) is 4.79 Å². The van der Waals surface area contributed by atoms with E-state index in [2.05, 4.69) is 46.0 Å². The van der Waals surface area contributed by atoms with Crippen LogP contribution < -0.4 is 10.6 Å². The molecule has 0 bridgehead atoms. The van der Waals surface area contributed by atoms with Crippen molar-refractivity contribution in [2.75, 3.05) is 37.6 Å². The highest BCUT2D eigenvalue weighted by Gasteiger charge is 2.43. The van der Waals surface area contributed by atoms with E-state index in [1.165, 1.54) is 25.1 Å². The fourth-order valence-corrected chi connectivity index (χ4v) is 5.43. The zero-order valence-corrected chi connectivity index (χ0v) is 17.2. The summed E-state index contributed by atoms with van der Waals surface area (Å²) in [4.78, 5) is 20.3. The number of nitrogens with zero attached hydrogens (tertiary/aromatic N) is 3. The van der Waals surface area contributed by atoms with Crippen LogP contribution in [0.25, 0.3) is 11.0 Å². The number of aromatic amines is 1. The van der Waals surface area contributed by atoms with Gasteiger partial charge in [-0.2, -0.15) is 0 Å². The molecule has 2 aliphatic rings. The molecule has 0 saturated carbocycles. The first-order valence-corrected chi connectivity index (χ1v) is 10.9. The minimum atomic E-state index is 0.00557. The second kappa shape index (κ2) is 7.38. The van der Waals surface area contributed by atoms with Gasteiger partial charge < -0.3 is 14.8 Å². The van der Waals surface area contributed by atoms with Crippen LogP contribution in [0.5, 0.6) is 0 Å². The second-order valence-corrected chi connectivity index (χ2v) is 8.61. The summed E-state index contributed by atoms with van der Waals surface area (Å²) in [5.74, 6) is 0. The van der Waals surface area contributed by atoms with Crippen LogP contribution in [0.1, 0.15) is 31.7 Å². The standard InChI is InChI=1S/C24H30N4O/c1-2-27-18-24(19-8-3-5-10-21(19)27)12-16-26(17-13-24)14-7-15-28-22-11-6-4-9-20(22)25-23(28)29/h3-6,8-11H,2,7,12-18H2,1H3,(H,25,29). The van der Waals surface area contributed by atoms with Crippen LogP contribution in [0.15, 0.2) is 53.3 Å². The average Bonchev–Trinajstić information content (AvgIpc) is 3.24. The van der Waals surface area contributed by atoms with Crippen LogP contribution in [0.4, 0.5) is 5.69 Å². The predicted octanol–water partition coefficient (Wildman–Crippen LogP) is 3.59. The lowest BCUT2D eigenvalue weighted by Crippen LogP contribution is -2.45. The Balaban J connectivity index is 1.21. The summed E-state index contributed by atoms with van der Waals surface area (Å²) in [6, 6.07) is 17.0. The van der Waals surface area contributed by atoms with E-state index < -0.39 is 0 Å². The summed E-state index contributed by atoms with van der Waals surface area (Å²) < 4.78 is 1.88. The number of piperidine rings is 1. The van der Waals surface area contributed by atoms with Crippen molar-refractivity contribution >= 4 is 16.7 Å². The maximum atomic E-state index is 12.3. The lowest BCUT2D eigenvalue weighted by Gasteiger charge is -2.40. The van der Waals surface area contributed by atoms with Crippen LogP contribution in [-0.2, 0) is 12.0 Å². The van der Waals surface area contributed by atoms with Crippen molar-refractivity contribution in [1.29, 1.82) is 0 Å². The maximum Gasteiger partial charge on any atom is 0.326 e. The molecule has 1 aromatic heterocycles. The first-order valence-electron chi connectivity index (χ1n) is 10.9. The molecule has 1 N–H and O–H groups in total. The fourth-order valence-electron chi connectivity index (χ4n) is 5.43. The number of hydrogen-bond donors (Lipinski definition) is 1. The summed E-state index contributed by atoms with van der Waals surface area (Å²) in [6.45, 7) is 8.64. The molecule has 0 amide bonds. The molecule has 5 nitrogen and oxygen atoms in total. The van der Waals surface area contributed by atoms with Crippen LogP contribution in [0.2, 0.25) is 0 Å². The number of aromatic nitrogens is 2. The molecule has 3 heterocycles. The smallest absolute Gasteiger partial charge is 0.326 e. The highest BCUT2D eigenvalue weighted by molar-refractivity contribution is 5.74. The Kier molecular flexibility index (Phi) is 4.70. The Morgan fingerprint density at radius 2 is 1.76 bits per heavy atom. The third-order valence-electron chi connectivity index (χ3n) is 7.04. The van der Waals surface area contributed by atoms with Crippen molar-refractivity contribution in [3.63, 3.8) is 0 Å². The van der Waals surface area contributed by atoms with E-state index in [0.717, 1.165) is 50.2 Å². The molecule has 5 heteroatoms. The lowest BCUT2D eigenvalue weighted by molar-refractivity contribution is 0.163. The Hall–Kier alpha value is -2.53. The van der Waals surface area contributed by atoms with Gasteiger partial charge in [-0.15, -0.1) is 0 Å². The largest absolute Gasteiger partial charge is 0.371 e. The molecule has 1 fully saturated rings. The SMILES string of the molecule is CCN1CC2(CCN(CCCn3c(=O)[nH]c4ccccc43)CC2)c2ccccc21. The Morgan fingerprint density at radius 1 is 1.00 bits per heavy atom. The number of nitrogens with one attached hydrogen (secondary N) is 1. The number of anilines is 1. The summed E-state index contributed by atoms with van der Waals surface area (Å²) in [6.07, 6.45) is 3.47. The van der Waals surface area contributed by atoms with Crippen LogP contribution in [0.3, 0.4) is 0 Å². The number of aryl methyl sites for hydroxylation is 1. The van der Waals surface area contributed by atoms with Gasteiger partial charge >= 0.3 is 5.69 Å². The number of likely N-dealkylation sites (N-methyl/N-ethyl adjacent to an activating group) is 1. The molecule has 2 aromatic carbocycles. The molecule has 29 heavy (non-hydrogen) atoms. The van der Waals surface area contributed by atoms with E-state index in [9.17, 15) is 4.79 Å². The molecule has 1 saturated heterocycles. The minimum Gasteiger partial charge on any atom is -0.371 e. The van der Waals surface area contributed by atoms with E-state index in [-0.39, 0.29) is 5.69 Å². The molecule has 0 aliphatic carbocycles. The zero-order valence-electron chi connectivity index (χ0n) is 17.2. The first-order chi connectivity index (χ1) is 14.2. The number of benzene rings is 2. The predicted molar refractivity (Wildman–Crippen MR) is 119 cm³/mol. The van der Waals surface area contributed by atoms with Crippen LogP contribution in [-0.4, -0.2) is 47.2 Å². The molecule has 5 rings (SSSR count). The van der Waals surface area contributed by atoms with Crippen molar-refractivity contribution < 1.29 is 0 Å². The second-order valence-electron chi connectivity index (χ2n) is 8.61. The summed E-state index contributed by atoms with van der Waals surface area (Å²) in [5.41, 5.74) is 5.28. The van der Waals surface area contributed by atoms with Gasteiger partial charge in [-0.05, 0) is 69.6 Å². The minimum absolute atomic E-state index is 0.00557. The summed E-state index contributed by atoms with van der Waals surface area (Å²) in [5, 5.41) is 0. The number of imidazole rings is 1. The number of likely N-dealkylation sites (tertiary alicyclic amines) is 1. The van der Waals surface area contributed by atoms with Crippen molar-refractivity contribution in [3.8, 4) is 0 Å². The fraction of sp³-hybridized carbons (Fsp3) is 0.458. The van der Waals surface area contributed by atoms with Crippen LogP contribution in [0, 0.1) is 0 Å². The Bertz CT molecular complexity index is 1060. The molecule has 1 spiro atoms. The highest BCUT2D eigenvalue weighted by atomic mass is 16.1. The van der Waals surface area contributed by atoms with E-state index in [1.807, 2.05) is 28.8 Å². The quantitative estimate of drug-likeness (QED) is 0.724. The highest BCUT2D eigenvalue weighted by Crippen LogP contribution is 2.46. The van der Waals surface area contributed by atoms with Crippen molar-refractivity contribution in [2.24, 2.45) is 0 Å². The van der Waals surface area contributed by atoms with Gasteiger partial charge in [0, 0.05) is 30.7 Å². The van der Waals surface area contributed by atoms with Crippen molar-refractivity contribution in [1.82, 2.24) is 14.5 Å². The molecule has 152 valence electrons. The number of H-pyrrole nitrogens is 1. The van der Waals surface area contributed by atoms with Crippen molar-refractivity contribution in [3.05, 3.63) is 64.6 Å². The maximum absolute atomic E-state index is 12.3. The number of para-hydroxylation sites is 3. The van der Waals surface area contributed by atoms with E-state index in [0.29, 0.717) is 5.41 Å². The first kappa shape index (κ1) is 18.5. The number of rotatable bonds is 5. The molecular weight excluding hydrogens is 360 g/mol. The molecule has 0 unspecified atom stereocenters. The van der Waals surface area contributed by atoms with E-state index in [4.69, 9.17) is 0 Å². The zero-order chi connectivity index (χ0) is 19.8. The van der Waals surface area contributed by atoms with Crippen LogP contribution >= 0.6 is 0 Å². The molecular formula is C24H30N4O. The summed E-state index contributed by atoms with van der Waals surface area (Å²) in [7, 11) is 0. The molecule has 0 radical (unpaired) electrons. The van der Waals surface area contributed by atoms with Gasteiger partial charge in [0.25, 0.3) is 0 Å². The van der Waals surface area contributed by atoms with Gasteiger partial charge in [0.2, 0.25) is 0 Å². The van der Waals surface area contributed by atoms with E-state index in [1.54, 1.807) is 5.56 Å². The molecule has 2 aliphatic heterocycles. The normalized spacial score (nSPS) is 18.6.